The number of rotatable bonds is 0. The van der Waals surface area contributed by atoms with E-state index in [1.54, 1.807) is 6.07 Å². The number of benzene rings is 2. The Morgan fingerprint density at radius 1 is 1.08 bits per heavy atom. The van der Waals surface area contributed by atoms with Gasteiger partial charge in [0.1, 0.15) is 11.5 Å². The Kier molecular flexibility index (Phi) is 1.55. The first-order chi connectivity index (χ1) is 5.77. The average Bonchev–Trinajstić information content (AvgIpc) is 2.07. The molecule has 0 bridgehead atoms. The van der Waals surface area contributed by atoms with E-state index in [1.165, 1.54) is 12.1 Å². The Labute approximate surface area is 69.6 Å². The van der Waals surface area contributed by atoms with E-state index in [0.29, 0.717) is 0 Å². The smallest absolute Gasteiger partial charge is 0.135 e. The summed E-state index contributed by atoms with van der Waals surface area (Å²) in [7, 11) is 0. The zero-order chi connectivity index (χ0) is 8.55. The predicted octanol–water partition coefficient (Wildman–Crippen LogP) is 1.85. The number of hydrogen-bond donors (Lipinski definition) is 1. The first-order valence-corrected chi connectivity index (χ1v) is 3.77. The van der Waals surface area contributed by atoms with Gasteiger partial charge in [0.2, 0.25) is 0 Å². The second-order valence-corrected chi connectivity index (χ2v) is 2.78. The molecule has 0 unspecified atom stereocenters. The van der Waals surface area contributed by atoms with Gasteiger partial charge in [-0.1, -0.05) is 18.2 Å². The summed E-state index contributed by atoms with van der Waals surface area (Å²) in [5.41, 5.74) is 4.69. The van der Waals surface area contributed by atoms with E-state index in [2.05, 4.69) is 5.73 Å². The van der Waals surface area contributed by atoms with Gasteiger partial charge in [-0.3, -0.25) is 0 Å². The van der Waals surface area contributed by atoms with E-state index in [9.17, 15) is 4.39 Å². The molecule has 2 rings (SSSR count). The van der Waals surface area contributed by atoms with Crippen LogP contribution in [-0.4, -0.2) is 0 Å². The Balaban J connectivity index is 2.88. The quantitative estimate of drug-likeness (QED) is 0.612. The lowest BCUT2D eigenvalue weighted by Crippen LogP contribution is -2.40. The van der Waals surface area contributed by atoms with Crippen LogP contribution in [0.5, 0.6) is 0 Å². The van der Waals surface area contributed by atoms with Gasteiger partial charge in [-0.2, -0.15) is 0 Å². The van der Waals surface area contributed by atoms with Crippen molar-refractivity contribution in [3.63, 3.8) is 0 Å². The molecule has 0 aliphatic heterocycles. The highest BCUT2D eigenvalue weighted by molar-refractivity contribution is 5.90. The van der Waals surface area contributed by atoms with Crippen LogP contribution in [0.4, 0.5) is 10.1 Å². The molecular formula is C10H9FN+. The molecule has 3 N–H and O–H groups in total. The first-order valence-electron chi connectivity index (χ1n) is 3.77. The minimum Gasteiger partial charge on any atom is -0.325 e. The number of halogens is 1. The molecule has 0 aliphatic rings. The zero-order valence-electron chi connectivity index (χ0n) is 6.55. The molecule has 0 fully saturated rings. The fourth-order valence-corrected chi connectivity index (χ4v) is 1.31. The lowest BCUT2D eigenvalue weighted by atomic mass is 10.1. The fraction of sp³-hybridized carbons (Fsp3) is 0. The lowest BCUT2D eigenvalue weighted by Gasteiger charge is -1.97. The molecule has 2 aromatic rings. The molecule has 2 aromatic carbocycles. The van der Waals surface area contributed by atoms with Crippen LogP contribution in [0, 0.1) is 5.82 Å². The van der Waals surface area contributed by atoms with Crippen molar-refractivity contribution >= 4 is 16.5 Å². The van der Waals surface area contributed by atoms with Gasteiger partial charge in [0.15, 0.2) is 0 Å². The summed E-state index contributed by atoms with van der Waals surface area (Å²) in [4.78, 5) is 0. The molecule has 0 radical (unpaired) electrons. The topological polar surface area (TPSA) is 27.6 Å². The standard InChI is InChI=1S/C10H8FN/c11-8-5-4-7-2-1-3-10(12)9(7)6-8/h1-6H,12H2/p+1. The SMILES string of the molecule is [NH3+]c1cccc2ccc(F)cc12. The van der Waals surface area contributed by atoms with Crippen molar-refractivity contribution in [2.75, 3.05) is 0 Å². The lowest BCUT2D eigenvalue weighted by molar-refractivity contribution is -0.252. The van der Waals surface area contributed by atoms with Gasteiger partial charge in [0, 0.05) is 5.39 Å². The van der Waals surface area contributed by atoms with Crippen molar-refractivity contribution in [1.29, 1.82) is 0 Å². The Morgan fingerprint density at radius 3 is 2.75 bits per heavy atom. The van der Waals surface area contributed by atoms with E-state index in [-0.39, 0.29) is 5.82 Å². The maximum atomic E-state index is 12.8. The van der Waals surface area contributed by atoms with Crippen LogP contribution in [0.1, 0.15) is 0 Å². The highest BCUT2D eigenvalue weighted by Gasteiger charge is 2.00. The van der Waals surface area contributed by atoms with Crippen molar-refractivity contribution < 1.29 is 10.1 Å². The van der Waals surface area contributed by atoms with Gasteiger partial charge < -0.3 is 5.73 Å². The van der Waals surface area contributed by atoms with Crippen LogP contribution >= 0.6 is 0 Å². The molecular weight excluding hydrogens is 153 g/mol. The normalized spacial score (nSPS) is 10.5. The van der Waals surface area contributed by atoms with Crippen molar-refractivity contribution in [3.8, 4) is 0 Å². The van der Waals surface area contributed by atoms with Gasteiger partial charge in [-0.25, -0.2) is 4.39 Å². The summed E-state index contributed by atoms with van der Waals surface area (Å²) in [6.07, 6.45) is 0. The van der Waals surface area contributed by atoms with E-state index >= 15 is 0 Å². The summed E-state index contributed by atoms with van der Waals surface area (Å²) >= 11 is 0. The molecule has 12 heavy (non-hydrogen) atoms. The summed E-state index contributed by atoms with van der Waals surface area (Å²) < 4.78 is 12.8. The van der Waals surface area contributed by atoms with E-state index < -0.39 is 0 Å². The van der Waals surface area contributed by atoms with Crippen LogP contribution in [0.15, 0.2) is 36.4 Å². The second kappa shape index (κ2) is 2.57. The van der Waals surface area contributed by atoms with E-state index in [4.69, 9.17) is 0 Å². The average molecular weight is 162 g/mol. The minimum atomic E-state index is -0.210. The van der Waals surface area contributed by atoms with Crippen LogP contribution < -0.4 is 5.73 Å². The van der Waals surface area contributed by atoms with Gasteiger partial charge in [-0.05, 0) is 23.6 Å². The second-order valence-electron chi connectivity index (χ2n) is 2.78. The van der Waals surface area contributed by atoms with Crippen LogP contribution in [0.2, 0.25) is 0 Å². The minimum absolute atomic E-state index is 0.210. The van der Waals surface area contributed by atoms with E-state index in [0.717, 1.165) is 16.5 Å². The molecule has 60 valence electrons. The Morgan fingerprint density at radius 2 is 1.92 bits per heavy atom. The number of hydrogen-bond acceptors (Lipinski definition) is 0. The van der Waals surface area contributed by atoms with Crippen molar-refractivity contribution in [3.05, 3.63) is 42.2 Å². The Hall–Kier alpha value is -1.41. The molecule has 0 heterocycles. The summed E-state index contributed by atoms with van der Waals surface area (Å²) in [5.74, 6) is -0.210. The van der Waals surface area contributed by atoms with Gasteiger partial charge in [0.05, 0.1) is 0 Å². The third-order valence-electron chi connectivity index (χ3n) is 1.93. The summed E-state index contributed by atoms with van der Waals surface area (Å²) in [6, 6.07) is 10.5. The monoisotopic (exact) mass is 162 g/mol. The molecule has 0 spiro atoms. The van der Waals surface area contributed by atoms with Crippen molar-refractivity contribution in [2.45, 2.75) is 0 Å². The molecule has 2 heteroatoms. The molecule has 1 nitrogen and oxygen atoms in total. The van der Waals surface area contributed by atoms with Crippen LogP contribution in [0.25, 0.3) is 10.8 Å². The molecule has 0 amide bonds. The molecule has 0 aliphatic carbocycles. The first kappa shape index (κ1) is 7.25. The highest BCUT2D eigenvalue weighted by Crippen LogP contribution is 2.19. The summed E-state index contributed by atoms with van der Waals surface area (Å²) in [5, 5.41) is 1.92. The molecule has 0 aromatic heterocycles. The summed E-state index contributed by atoms with van der Waals surface area (Å²) in [6.45, 7) is 0. The van der Waals surface area contributed by atoms with Gasteiger partial charge in [-0.15, -0.1) is 0 Å². The zero-order valence-corrected chi connectivity index (χ0v) is 6.55. The molecule has 0 saturated heterocycles. The van der Waals surface area contributed by atoms with Crippen LogP contribution in [0.3, 0.4) is 0 Å². The molecule has 0 saturated carbocycles. The Bertz CT molecular complexity index is 423. The predicted molar refractivity (Wildman–Crippen MR) is 46.5 cm³/mol. The van der Waals surface area contributed by atoms with Gasteiger partial charge >= 0.3 is 0 Å². The van der Waals surface area contributed by atoms with Gasteiger partial charge in [0.25, 0.3) is 0 Å². The van der Waals surface area contributed by atoms with Crippen molar-refractivity contribution in [2.24, 2.45) is 0 Å². The number of quaternary nitrogens is 1. The largest absolute Gasteiger partial charge is 0.325 e. The highest BCUT2D eigenvalue weighted by atomic mass is 19.1. The third-order valence-corrected chi connectivity index (χ3v) is 1.93. The fourth-order valence-electron chi connectivity index (χ4n) is 1.31. The van der Waals surface area contributed by atoms with Crippen LogP contribution in [-0.2, 0) is 0 Å². The number of fused-ring (bicyclic) bond motifs is 1. The molecule has 0 atom stereocenters. The van der Waals surface area contributed by atoms with E-state index in [1.807, 2.05) is 18.2 Å². The maximum absolute atomic E-state index is 12.8. The third kappa shape index (κ3) is 1.06. The van der Waals surface area contributed by atoms with Crippen molar-refractivity contribution in [1.82, 2.24) is 0 Å². The maximum Gasteiger partial charge on any atom is 0.135 e.